The van der Waals surface area contributed by atoms with Gasteiger partial charge in [0.2, 0.25) is 0 Å². The van der Waals surface area contributed by atoms with Gasteiger partial charge in [0, 0.05) is 6.54 Å². The second-order valence-electron chi connectivity index (χ2n) is 6.20. The molecule has 0 spiro atoms. The van der Waals surface area contributed by atoms with Gasteiger partial charge in [0.1, 0.15) is 5.00 Å². The van der Waals surface area contributed by atoms with E-state index in [0.717, 1.165) is 30.1 Å². The molecule has 5 nitrogen and oxygen atoms in total. The standard InChI is InChI=1S/C18H23N3O2S/c1-12(2)16-17(24-11-20-16)21-18(22)19-9-7-15-14-6-4-3-5-13(14)8-10-23-15/h3-6,11-12,15H,7-10H2,1-2H3,(H2,19,21,22). The van der Waals surface area contributed by atoms with Crippen LogP contribution in [-0.2, 0) is 11.2 Å². The largest absolute Gasteiger partial charge is 0.373 e. The van der Waals surface area contributed by atoms with Crippen LogP contribution in [0.4, 0.5) is 9.80 Å². The number of fused-ring (bicyclic) bond motifs is 1. The van der Waals surface area contributed by atoms with Crippen LogP contribution in [0, 0.1) is 0 Å². The number of rotatable bonds is 5. The number of carbonyl (C=O) groups is 1. The van der Waals surface area contributed by atoms with Gasteiger partial charge in [-0.15, -0.1) is 11.3 Å². The summed E-state index contributed by atoms with van der Waals surface area (Å²) in [7, 11) is 0. The van der Waals surface area contributed by atoms with Crippen LogP contribution in [-0.4, -0.2) is 24.2 Å². The van der Waals surface area contributed by atoms with Crippen molar-refractivity contribution in [2.75, 3.05) is 18.5 Å². The Morgan fingerprint density at radius 1 is 1.42 bits per heavy atom. The van der Waals surface area contributed by atoms with Gasteiger partial charge in [0.15, 0.2) is 0 Å². The monoisotopic (exact) mass is 345 g/mol. The highest BCUT2D eigenvalue weighted by Crippen LogP contribution is 2.29. The summed E-state index contributed by atoms with van der Waals surface area (Å²) in [6.45, 7) is 5.44. The first kappa shape index (κ1) is 16.9. The van der Waals surface area contributed by atoms with E-state index < -0.39 is 0 Å². The molecule has 2 amide bonds. The molecule has 24 heavy (non-hydrogen) atoms. The summed E-state index contributed by atoms with van der Waals surface area (Å²) in [5, 5.41) is 6.63. The van der Waals surface area contributed by atoms with E-state index in [2.05, 4.69) is 47.7 Å². The molecule has 0 aliphatic carbocycles. The predicted molar refractivity (Wildman–Crippen MR) is 96.7 cm³/mol. The summed E-state index contributed by atoms with van der Waals surface area (Å²) in [5.74, 6) is 0.290. The lowest BCUT2D eigenvalue weighted by Gasteiger charge is -2.26. The van der Waals surface area contributed by atoms with Gasteiger partial charge in [-0.25, -0.2) is 9.78 Å². The molecular formula is C18H23N3O2S. The molecule has 128 valence electrons. The number of urea groups is 1. The molecule has 0 fully saturated rings. The van der Waals surface area contributed by atoms with Crippen molar-refractivity contribution in [3.8, 4) is 0 Å². The van der Waals surface area contributed by atoms with Crippen LogP contribution in [0.15, 0.2) is 29.8 Å². The topological polar surface area (TPSA) is 63.2 Å². The molecule has 2 aromatic rings. The van der Waals surface area contributed by atoms with Crippen molar-refractivity contribution in [3.63, 3.8) is 0 Å². The second-order valence-corrected chi connectivity index (χ2v) is 7.05. The highest BCUT2D eigenvalue weighted by molar-refractivity contribution is 7.14. The first-order chi connectivity index (χ1) is 11.6. The lowest BCUT2D eigenvalue weighted by atomic mass is 9.96. The Morgan fingerprint density at radius 3 is 3.08 bits per heavy atom. The van der Waals surface area contributed by atoms with Crippen molar-refractivity contribution in [2.24, 2.45) is 0 Å². The Hall–Kier alpha value is -1.92. The van der Waals surface area contributed by atoms with Gasteiger partial charge in [0.25, 0.3) is 0 Å². The van der Waals surface area contributed by atoms with E-state index >= 15 is 0 Å². The third-order valence-electron chi connectivity index (χ3n) is 4.15. The number of aromatic nitrogens is 1. The van der Waals surface area contributed by atoms with Gasteiger partial charge in [-0.1, -0.05) is 38.1 Å². The van der Waals surface area contributed by atoms with Crippen LogP contribution in [0.2, 0.25) is 0 Å². The Morgan fingerprint density at radius 2 is 2.25 bits per heavy atom. The fourth-order valence-corrected chi connectivity index (χ4v) is 3.77. The van der Waals surface area contributed by atoms with Crippen molar-refractivity contribution in [1.29, 1.82) is 0 Å². The summed E-state index contributed by atoms with van der Waals surface area (Å²) >= 11 is 1.45. The second kappa shape index (κ2) is 7.77. The average molecular weight is 345 g/mol. The third-order valence-corrected chi connectivity index (χ3v) is 4.91. The van der Waals surface area contributed by atoms with Gasteiger partial charge in [-0.05, 0) is 29.9 Å². The minimum atomic E-state index is -0.190. The number of anilines is 1. The van der Waals surface area contributed by atoms with Crippen molar-refractivity contribution in [3.05, 3.63) is 46.6 Å². The van der Waals surface area contributed by atoms with E-state index in [0.29, 0.717) is 12.5 Å². The van der Waals surface area contributed by atoms with Crippen LogP contribution in [0.25, 0.3) is 0 Å². The molecule has 1 aromatic carbocycles. The number of ether oxygens (including phenoxy) is 1. The minimum Gasteiger partial charge on any atom is -0.373 e. The van der Waals surface area contributed by atoms with Gasteiger partial charge in [-0.3, -0.25) is 5.32 Å². The summed E-state index contributed by atoms with van der Waals surface area (Å²) in [4.78, 5) is 16.4. The van der Waals surface area contributed by atoms with Crippen LogP contribution in [0.1, 0.15) is 49.1 Å². The number of benzene rings is 1. The quantitative estimate of drug-likeness (QED) is 0.858. The number of hydrogen-bond donors (Lipinski definition) is 2. The molecule has 0 radical (unpaired) electrons. The van der Waals surface area contributed by atoms with Crippen LogP contribution < -0.4 is 10.6 Å². The average Bonchev–Trinajstić information content (AvgIpc) is 3.03. The maximum absolute atomic E-state index is 12.1. The van der Waals surface area contributed by atoms with Crippen molar-refractivity contribution < 1.29 is 9.53 Å². The van der Waals surface area contributed by atoms with Gasteiger partial charge < -0.3 is 10.1 Å². The van der Waals surface area contributed by atoms with Crippen LogP contribution in [0.5, 0.6) is 0 Å². The Balaban J connectivity index is 1.50. The Labute approximate surface area is 146 Å². The number of hydrogen-bond acceptors (Lipinski definition) is 4. The van der Waals surface area contributed by atoms with Crippen molar-refractivity contribution >= 4 is 22.4 Å². The van der Waals surface area contributed by atoms with Gasteiger partial charge >= 0.3 is 6.03 Å². The summed E-state index contributed by atoms with van der Waals surface area (Å²) < 4.78 is 5.86. The van der Waals surface area contributed by atoms with E-state index in [4.69, 9.17) is 4.74 Å². The van der Waals surface area contributed by atoms with Gasteiger partial charge in [-0.2, -0.15) is 0 Å². The Bertz CT molecular complexity index is 699. The fraction of sp³-hybridized carbons (Fsp3) is 0.444. The van der Waals surface area contributed by atoms with E-state index in [9.17, 15) is 4.79 Å². The molecule has 1 unspecified atom stereocenters. The molecule has 0 saturated carbocycles. The summed E-state index contributed by atoms with van der Waals surface area (Å²) in [6.07, 6.45) is 1.79. The van der Waals surface area contributed by atoms with E-state index in [-0.39, 0.29) is 12.1 Å². The summed E-state index contributed by atoms with van der Waals surface area (Å²) in [6, 6.07) is 8.19. The maximum Gasteiger partial charge on any atom is 0.319 e. The number of thiazole rings is 1. The van der Waals surface area contributed by atoms with Crippen LogP contribution >= 0.6 is 11.3 Å². The SMILES string of the molecule is CC(C)c1ncsc1NC(=O)NCCC1OCCc2ccccc21. The molecule has 1 aromatic heterocycles. The maximum atomic E-state index is 12.1. The zero-order valence-corrected chi connectivity index (χ0v) is 14.9. The molecule has 6 heteroatoms. The molecule has 1 atom stereocenters. The van der Waals surface area contributed by atoms with E-state index in [1.165, 1.54) is 22.5 Å². The van der Waals surface area contributed by atoms with Crippen molar-refractivity contribution in [2.45, 2.75) is 38.7 Å². The highest BCUT2D eigenvalue weighted by atomic mass is 32.1. The Kier molecular flexibility index (Phi) is 5.48. The number of carbonyl (C=O) groups excluding carboxylic acids is 1. The summed E-state index contributed by atoms with van der Waals surface area (Å²) in [5.41, 5.74) is 5.29. The number of amides is 2. The number of nitrogens with zero attached hydrogens (tertiary/aromatic N) is 1. The molecule has 2 N–H and O–H groups in total. The minimum absolute atomic E-state index is 0.0601. The zero-order chi connectivity index (χ0) is 16.9. The van der Waals surface area contributed by atoms with Crippen LogP contribution in [0.3, 0.4) is 0 Å². The fourth-order valence-electron chi connectivity index (χ4n) is 2.94. The third kappa shape index (κ3) is 3.94. The van der Waals surface area contributed by atoms with Gasteiger partial charge in [0.05, 0.1) is 23.9 Å². The highest BCUT2D eigenvalue weighted by Gasteiger charge is 2.20. The lowest BCUT2D eigenvalue weighted by Crippen LogP contribution is -2.31. The first-order valence-electron chi connectivity index (χ1n) is 8.32. The van der Waals surface area contributed by atoms with E-state index in [1.807, 2.05) is 6.07 Å². The molecular weight excluding hydrogens is 322 g/mol. The van der Waals surface area contributed by atoms with E-state index in [1.54, 1.807) is 5.51 Å². The molecule has 0 saturated heterocycles. The normalized spacial score (nSPS) is 16.7. The predicted octanol–water partition coefficient (Wildman–Crippen LogP) is 4.09. The molecule has 1 aliphatic heterocycles. The molecule has 3 rings (SSSR count). The smallest absolute Gasteiger partial charge is 0.319 e. The molecule has 2 heterocycles. The van der Waals surface area contributed by atoms with Crippen molar-refractivity contribution in [1.82, 2.24) is 10.3 Å². The number of nitrogens with one attached hydrogen (secondary N) is 2. The molecule has 0 bridgehead atoms. The molecule has 1 aliphatic rings. The first-order valence-corrected chi connectivity index (χ1v) is 9.20. The zero-order valence-electron chi connectivity index (χ0n) is 14.0. The lowest BCUT2D eigenvalue weighted by molar-refractivity contribution is 0.0373.